The summed E-state index contributed by atoms with van der Waals surface area (Å²) < 4.78 is 13.6. The molecule has 0 unspecified atom stereocenters. The van der Waals surface area contributed by atoms with Gasteiger partial charge in [0.15, 0.2) is 0 Å². The SMILES string of the molecule is Cc1ccc(CNC(=O)CNc2ccc(C)cc2F)cc1. The molecule has 0 saturated carbocycles. The second-order valence-electron chi connectivity index (χ2n) is 5.10. The highest BCUT2D eigenvalue weighted by molar-refractivity contribution is 5.80. The molecule has 2 rings (SSSR count). The van der Waals surface area contributed by atoms with Crippen molar-refractivity contribution in [3.8, 4) is 0 Å². The first-order chi connectivity index (χ1) is 10.0. The maximum atomic E-state index is 13.6. The highest BCUT2D eigenvalue weighted by Crippen LogP contribution is 2.14. The van der Waals surface area contributed by atoms with E-state index in [1.807, 2.05) is 38.1 Å². The Hall–Kier alpha value is -2.36. The molecule has 0 aliphatic carbocycles. The monoisotopic (exact) mass is 286 g/mol. The molecule has 1 amide bonds. The summed E-state index contributed by atoms with van der Waals surface area (Å²) in [6.45, 7) is 4.35. The minimum absolute atomic E-state index is 0.0475. The fourth-order valence-corrected chi connectivity index (χ4v) is 1.91. The third-order valence-electron chi connectivity index (χ3n) is 3.17. The molecule has 0 aromatic heterocycles. The molecule has 0 aliphatic heterocycles. The van der Waals surface area contributed by atoms with Gasteiger partial charge >= 0.3 is 0 Å². The number of hydrogen-bond acceptors (Lipinski definition) is 2. The molecule has 0 fully saturated rings. The van der Waals surface area contributed by atoms with Crippen LogP contribution in [0.2, 0.25) is 0 Å². The van der Waals surface area contributed by atoms with Gasteiger partial charge in [0, 0.05) is 6.54 Å². The highest BCUT2D eigenvalue weighted by atomic mass is 19.1. The van der Waals surface area contributed by atoms with Gasteiger partial charge < -0.3 is 10.6 Å². The zero-order valence-corrected chi connectivity index (χ0v) is 12.2. The van der Waals surface area contributed by atoms with Gasteiger partial charge in [0.05, 0.1) is 12.2 Å². The molecule has 2 N–H and O–H groups in total. The average Bonchev–Trinajstić information content (AvgIpc) is 2.46. The molecule has 0 bridgehead atoms. The number of benzene rings is 2. The van der Waals surface area contributed by atoms with E-state index in [4.69, 9.17) is 0 Å². The maximum absolute atomic E-state index is 13.6. The van der Waals surface area contributed by atoms with E-state index < -0.39 is 0 Å². The summed E-state index contributed by atoms with van der Waals surface area (Å²) in [7, 11) is 0. The van der Waals surface area contributed by atoms with Crippen LogP contribution in [-0.4, -0.2) is 12.5 Å². The number of aryl methyl sites for hydroxylation is 2. The standard InChI is InChI=1S/C17H19FN2O/c1-12-3-6-14(7-4-12)10-20-17(21)11-19-16-8-5-13(2)9-15(16)18/h3-9,19H,10-11H2,1-2H3,(H,20,21). The Bertz CT molecular complexity index is 623. The fourth-order valence-electron chi connectivity index (χ4n) is 1.91. The minimum Gasteiger partial charge on any atom is -0.374 e. The van der Waals surface area contributed by atoms with E-state index in [0.29, 0.717) is 12.2 Å². The lowest BCUT2D eigenvalue weighted by Gasteiger charge is -2.09. The van der Waals surface area contributed by atoms with Crippen LogP contribution in [0.1, 0.15) is 16.7 Å². The van der Waals surface area contributed by atoms with E-state index in [1.165, 1.54) is 11.6 Å². The number of hydrogen-bond donors (Lipinski definition) is 2. The lowest BCUT2D eigenvalue weighted by molar-refractivity contribution is -0.119. The quantitative estimate of drug-likeness (QED) is 0.886. The van der Waals surface area contributed by atoms with Crippen LogP contribution < -0.4 is 10.6 Å². The van der Waals surface area contributed by atoms with Gasteiger partial charge in [0.25, 0.3) is 0 Å². The van der Waals surface area contributed by atoms with E-state index >= 15 is 0 Å². The minimum atomic E-state index is -0.346. The van der Waals surface area contributed by atoms with Crippen LogP contribution in [0.5, 0.6) is 0 Å². The van der Waals surface area contributed by atoms with Gasteiger partial charge in [0.2, 0.25) is 5.91 Å². The van der Waals surface area contributed by atoms with Gasteiger partial charge in [-0.1, -0.05) is 35.9 Å². The third kappa shape index (κ3) is 4.60. The van der Waals surface area contributed by atoms with Crippen LogP contribution >= 0.6 is 0 Å². The number of anilines is 1. The van der Waals surface area contributed by atoms with Crippen molar-refractivity contribution in [3.05, 3.63) is 65.0 Å². The molecule has 3 nitrogen and oxygen atoms in total. The van der Waals surface area contributed by atoms with Crippen molar-refractivity contribution in [1.29, 1.82) is 0 Å². The molecule has 0 atom stereocenters. The zero-order chi connectivity index (χ0) is 15.2. The Balaban J connectivity index is 1.80. The second-order valence-corrected chi connectivity index (χ2v) is 5.10. The molecule has 0 heterocycles. The van der Waals surface area contributed by atoms with Gasteiger partial charge in [-0.05, 0) is 37.1 Å². The van der Waals surface area contributed by atoms with Crippen molar-refractivity contribution in [2.45, 2.75) is 20.4 Å². The Labute approximate surface area is 124 Å². The summed E-state index contributed by atoms with van der Waals surface area (Å²) in [5.41, 5.74) is 3.41. The van der Waals surface area contributed by atoms with E-state index in [1.54, 1.807) is 12.1 Å². The van der Waals surface area contributed by atoms with Gasteiger partial charge in [-0.15, -0.1) is 0 Å². The Morgan fingerprint density at radius 1 is 1.05 bits per heavy atom. The van der Waals surface area contributed by atoms with E-state index in [-0.39, 0.29) is 18.3 Å². The van der Waals surface area contributed by atoms with Gasteiger partial charge in [-0.25, -0.2) is 4.39 Å². The number of rotatable bonds is 5. The van der Waals surface area contributed by atoms with Crippen LogP contribution in [0, 0.1) is 19.7 Å². The van der Waals surface area contributed by atoms with E-state index in [0.717, 1.165) is 11.1 Å². The van der Waals surface area contributed by atoms with Crippen LogP contribution in [-0.2, 0) is 11.3 Å². The summed E-state index contributed by atoms with van der Waals surface area (Å²) in [5.74, 6) is -0.517. The molecule has 0 saturated heterocycles. The van der Waals surface area contributed by atoms with Crippen LogP contribution in [0.15, 0.2) is 42.5 Å². The molecule has 2 aromatic rings. The molecule has 0 radical (unpaired) electrons. The topological polar surface area (TPSA) is 41.1 Å². The molecule has 0 spiro atoms. The Kier molecular flexibility index (Phi) is 4.93. The van der Waals surface area contributed by atoms with Crippen molar-refractivity contribution >= 4 is 11.6 Å². The van der Waals surface area contributed by atoms with Gasteiger partial charge in [-0.3, -0.25) is 4.79 Å². The molecule has 4 heteroatoms. The zero-order valence-electron chi connectivity index (χ0n) is 12.2. The fraction of sp³-hybridized carbons (Fsp3) is 0.235. The van der Waals surface area contributed by atoms with Crippen molar-refractivity contribution in [1.82, 2.24) is 5.32 Å². The molecule has 2 aromatic carbocycles. The summed E-state index contributed by atoms with van der Waals surface area (Å²) >= 11 is 0. The maximum Gasteiger partial charge on any atom is 0.239 e. The summed E-state index contributed by atoms with van der Waals surface area (Å²) in [5, 5.41) is 5.59. The van der Waals surface area contributed by atoms with Gasteiger partial charge in [-0.2, -0.15) is 0 Å². The molecule has 110 valence electrons. The summed E-state index contributed by atoms with van der Waals surface area (Å²) in [4.78, 5) is 11.7. The first-order valence-electron chi connectivity index (χ1n) is 6.87. The van der Waals surface area contributed by atoms with Crippen molar-refractivity contribution < 1.29 is 9.18 Å². The lowest BCUT2D eigenvalue weighted by atomic mass is 10.1. The van der Waals surface area contributed by atoms with Crippen molar-refractivity contribution in [2.75, 3.05) is 11.9 Å². The van der Waals surface area contributed by atoms with Crippen molar-refractivity contribution in [2.24, 2.45) is 0 Å². The van der Waals surface area contributed by atoms with Crippen molar-refractivity contribution in [3.63, 3.8) is 0 Å². The van der Waals surface area contributed by atoms with E-state index in [9.17, 15) is 9.18 Å². The second kappa shape index (κ2) is 6.88. The Morgan fingerprint density at radius 2 is 1.71 bits per heavy atom. The van der Waals surface area contributed by atoms with Crippen LogP contribution in [0.25, 0.3) is 0 Å². The number of carbonyl (C=O) groups is 1. The smallest absolute Gasteiger partial charge is 0.239 e. The summed E-state index contributed by atoms with van der Waals surface area (Å²) in [6, 6.07) is 12.8. The van der Waals surface area contributed by atoms with E-state index in [2.05, 4.69) is 10.6 Å². The number of amides is 1. The predicted molar refractivity (Wildman–Crippen MR) is 82.7 cm³/mol. The highest BCUT2D eigenvalue weighted by Gasteiger charge is 2.05. The molecule has 21 heavy (non-hydrogen) atoms. The first-order valence-corrected chi connectivity index (χ1v) is 6.87. The number of carbonyl (C=O) groups excluding carboxylic acids is 1. The molecule has 0 aliphatic rings. The van der Waals surface area contributed by atoms with Crippen LogP contribution in [0.3, 0.4) is 0 Å². The van der Waals surface area contributed by atoms with Gasteiger partial charge in [0.1, 0.15) is 5.82 Å². The summed E-state index contributed by atoms with van der Waals surface area (Å²) in [6.07, 6.45) is 0. The molecular formula is C17H19FN2O. The number of nitrogens with one attached hydrogen (secondary N) is 2. The first kappa shape index (κ1) is 15.0. The third-order valence-corrected chi connectivity index (χ3v) is 3.17. The predicted octanol–water partition coefficient (Wildman–Crippen LogP) is 3.17. The average molecular weight is 286 g/mol. The van der Waals surface area contributed by atoms with Crippen LogP contribution in [0.4, 0.5) is 10.1 Å². The number of halogens is 1. The lowest BCUT2D eigenvalue weighted by Crippen LogP contribution is -2.29. The molecular weight excluding hydrogens is 267 g/mol. The Morgan fingerprint density at radius 3 is 2.38 bits per heavy atom. The normalized spacial score (nSPS) is 10.2. The largest absolute Gasteiger partial charge is 0.374 e.